The molecule has 0 heterocycles. The molecule has 0 bridgehead atoms. The normalized spacial score (nSPS) is 11.3. The average Bonchev–Trinajstić information content (AvgIpc) is 2.35. The van der Waals surface area contributed by atoms with Gasteiger partial charge in [-0.3, -0.25) is 4.79 Å². The number of aryl methyl sites for hydroxylation is 1. The Kier molecular flexibility index (Phi) is 6.20. The lowest BCUT2D eigenvalue weighted by Crippen LogP contribution is -2.34. The minimum atomic E-state index is 0.0736. The van der Waals surface area contributed by atoms with Gasteiger partial charge in [0.15, 0.2) is 0 Å². The molecular weight excluding hydrogens is 246 g/mol. The number of alkyl halides is 1. The van der Waals surface area contributed by atoms with Crippen molar-refractivity contribution >= 4 is 17.5 Å². The fourth-order valence-electron chi connectivity index (χ4n) is 1.67. The topological polar surface area (TPSA) is 29.1 Å². The molecule has 0 fully saturated rings. The molecule has 18 heavy (non-hydrogen) atoms. The lowest BCUT2D eigenvalue weighted by molar-refractivity contribution is -0.121. The van der Waals surface area contributed by atoms with Gasteiger partial charge in [0, 0.05) is 18.8 Å². The summed E-state index contributed by atoms with van der Waals surface area (Å²) < 4.78 is 0. The summed E-state index contributed by atoms with van der Waals surface area (Å²) in [5.74, 6) is 0.744. The van der Waals surface area contributed by atoms with Gasteiger partial charge in [-0.15, -0.1) is 11.6 Å². The molecule has 1 N–H and O–H groups in total. The predicted molar refractivity (Wildman–Crippen MR) is 76.9 cm³/mol. The number of amides is 1. The number of nitrogens with one attached hydrogen (secondary N) is 1. The van der Waals surface area contributed by atoms with Gasteiger partial charge in [-0.2, -0.15) is 0 Å². The smallest absolute Gasteiger partial charge is 0.220 e. The number of halogens is 1. The maximum Gasteiger partial charge on any atom is 0.220 e. The first-order chi connectivity index (χ1) is 8.53. The average molecular weight is 268 g/mol. The van der Waals surface area contributed by atoms with Crippen LogP contribution in [-0.2, 0) is 11.2 Å². The zero-order chi connectivity index (χ0) is 13.4. The van der Waals surface area contributed by atoms with E-state index in [9.17, 15) is 4.79 Å². The highest BCUT2D eigenvalue weighted by atomic mass is 35.5. The Morgan fingerprint density at radius 1 is 1.28 bits per heavy atom. The van der Waals surface area contributed by atoms with Crippen molar-refractivity contribution in [2.24, 2.45) is 5.41 Å². The lowest BCUT2D eigenvalue weighted by atomic mass is 9.90. The Hall–Kier alpha value is -1.02. The first-order valence-electron chi connectivity index (χ1n) is 6.40. The van der Waals surface area contributed by atoms with E-state index in [2.05, 4.69) is 19.2 Å². The van der Waals surface area contributed by atoms with Crippen LogP contribution < -0.4 is 5.32 Å². The van der Waals surface area contributed by atoms with Crippen LogP contribution >= 0.6 is 11.6 Å². The molecule has 0 aliphatic rings. The van der Waals surface area contributed by atoms with Crippen LogP contribution in [0.1, 0.15) is 32.3 Å². The van der Waals surface area contributed by atoms with Crippen molar-refractivity contribution in [2.75, 3.05) is 12.4 Å². The van der Waals surface area contributed by atoms with Gasteiger partial charge >= 0.3 is 0 Å². The second kappa shape index (κ2) is 7.42. The third-order valence-electron chi connectivity index (χ3n) is 3.02. The zero-order valence-corrected chi connectivity index (χ0v) is 12.0. The van der Waals surface area contributed by atoms with Crippen molar-refractivity contribution < 1.29 is 4.79 Å². The maximum atomic E-state index is 11.7. The molecule has 0 atom stereocenters. The molecule has 0 radical (unpaired) electrons. The summed E-state index contributed by atoms with van der Waals surface area (Å²) in [6.45, 7) is 4.92. The Labute approximate surface area is 115 Å². The van der Waals surface area contributed by atoms with Gasteiger partial charge in [0.2, 0.25) is 5.91 Å². The number of hydrogen-bond donors (Lipinski definition) is 1. The van der Waals surface area contributed by atoms with E-state index >= 15 is 0 Å². The van der Waals surface area contributed by atoms with E-state index in [4.69, 9.17) is 11.6 Å². The Balaban J connectivity index is 2.26. The maximum absolute atomic E-state index is 11.7. The van der Waals surface area contributed by atoms with E-state index in [1.165, 1.54) is 5.56 Å². The van der Waals surface area contributed by atoms with Gasteiger partial charge in [-0.1, -0.05) is 44.2 Å². The van der Waals surface area contributed by atoms with E-state index in [-0.39, 0.29) is 11.3 Å². The third kappa shape index (κ3) is 6.06. The molecule has 0 spiro atoms. The van der Waals surface area contributed by atoms with Gasteiger partial charge in [0.25, 0.3) is 0 Å². The Morgan fingerprint density at radius 3 is 2.56 bits per heavy atom. The molecule has 0 aliphatic carbocycles. The first-order valence-corrected chi connectivity index (χ1v) is 6.93. The zero-order valence-electron chi connectivity index (χ0n) is 11.2. The Morgan fingerprint density at radius 2 is 1.94 bits per heavy atom. The molecule has 1 aromatic rings. The van der Waals surface area contributed by atoms with E-state index in [0.29, 0.717) is 18.8 Å². The highest BCUT2D eigenvalue weighted by Gasteiger charge is 2.17. The number of rotatable bonds is 7. The van der Waals surface area contributed by atoms with Gasteiger partial charge in [0.1, 0.15) is 0 Å². The van der Waals surface area contributed by atoms with Crippen molar-refractivity contribution in [3.8, 4) is 0 Å². The minimum absolute atomic E-state index is 0.0736. The highest BCUT2D eigenvalue weighted by molar-refractivity contribution is 6.17. The van der Waals surface area contributed by atoms with Crippen molar-refractivity contribution in [1.29, 1.82) is 0 Å². The monoisotopic (exact) mass is 267 g/mol. The van der Waals surface area contributed by atoms with Crippen LogP contribution in [0.3, 0.4) is 0 Å². The summed E-state index contributed by atoms with van der Waals surface area (Å²) >= 11 is 5.73. The van der Waals surface area contributed by atoms with Crippen LogP contribution in [0, 0.1) is 5.41 Å². The lowest BCUT2D eigenvalue weighted by Gasteiger charge is -2.23. The van der Waals surface area contributed by atoms with Crippen molar-refractivity contribution in [3.63, 3.8) is 0 Å². The second-order valence-corrected chi connectivity index (χ2v) is 5.74. The molecule has 2 nitrogen and oxygen atoms in total. The van der Waals surface area contributed by atoms with E-state index in [1.807, 2.05) is 30.3 Å². The molecule has 1 amide bonds. The van der Waals surface area contributed by atoms with Crippen LogP contribution in [0.4, 0.5) is 0 Å². The summed E-state index contributed by atoms with van der Waals surface area (Å²) in [5, 5.41) is 2.98. The van der Waals surface area contributed by atoms with Crippen molar-refractivity contribution in [1.82, 2.24) is 5.32 Å². The second-order valence-electron chi connectivity index (χ2n) is 5.37. The number of hydrogen-bond acceptors (Lipinski definition) is 1. The van der Waals surface area contributed by atoms with E-state index in [0.717, 1.165) is 12.8 Å². The van der Waals surface area contributed by atoms with Crippen molar-refractivity contribution in [3.05, 3.63) is 35.9 Å². The van der Waals surface area contributed by atoms with Gasteiger partial charge < -0.3 is 5.32 Å². The predicted octanol–water partition coefficient (Wildman–Crippen LogP) is 3.39. The summed E-state index contributed by atoms with van der Waals surface area (Å²) in [6.07, 6.45) is 2.25. The quantitative estimate of drug-likeness (QED) is 0.754. The Bertz CT molecular complexity index is 362. The summed E-state index contributed by atoms with van der Waals surface area (Å²) in [5.41, 5.74) is 1.28. The van der Waals surface area contributed by atoms with E-state index in [1.54, 1.807) is 0 Å². The van der Waals surface area contributed by atoms with Crippen LogP contribution in [0.25, 0.3) is 0 Å². The molecule has 3 heteroatoms. The number of carbonyl (C=O) groups excluding carboxylic acids is 1. The fourth-order valence-corrected chi connectivity index (χ4v) is 2.18. The van der Waals surface area contributed by atoms with Crippen molar-refractivity contribution in [2.45, 2.75) is 33.1 Å². The van der Waals surface area contributed by atoms with Crippen LogP contribution in [-0.4, -0.2) is 18.3 Å². The molecule has 100 valence electrons. The molecule has 0 saturated carbocycles. The SMILES string of the molecule is CC(C)(CCCl)CNC(=O)CCc1ccccc1. The summed E-state index contributed by atoms with van der Waals surface area (Å²) in [6, 6.07) is 10.1. The van der Waals surface area contributed by atoms with Crippen LogP contribution in [0.15, 0.2) is 30.3 Å². The molecule has 0 aliphatic heterocycles. The van der Waals surface area contributed by atoms with Crippen LogP contribution in [0.5, 0.6) is 0 Å². The standard InChI is InChI=1S/C15H22ClNO/c1-15(2,10-11-16)12-17-14(18)9-8-13-6-4-3-5-7-13/h3-7H,8-12H2,1-2H3,(H,17,18). The largest absolute Gasteiger partial charge is 0.356 e. The summed E-state index contributed by atoms with van der Waals surface area (Å²) in [4.78, 5) is 11.7. The van der Waals surface area contributed by atoms with Gasteiger partial charge in [0.05, 0.1) is 0 Å². The summed E-state index contributed by atoms with van der Waals surface area (Å²) in [7, 11) is 0. The molecule has 0 unspecified atom stereocenters. The number of carbonyl (C=O) groups is 1. The molecule has 1 rings (SSSR count). The fraction of sp³-hybridized carbons (Fsp3) is 0.533. The minimum Gasteiger partial charge on any atom is -0.356 e. The molecule has 1 aromatic carbocycles. The highest BCUT2D eigenvalue weighted by Crippen LogP contribution is 2.19. The first kappa shape index (κ1) is 15.0. The van der Waals surface area contributed by atoms with Crippen LogP contribution in [0.2, 0.25) is 0 Å². The van der Waals surface area contributed by atoms with Gasteiger partial charge in [-0.05, 0) is 23.8 Å². The van der Waals surface area contributed by atoms with Gasteiger partial charge in [-0.25, -0.2) is 0 Å². The molecule has 0 saturated heterocycles. The number of benzene rings is 1. The molecular formula is C15H22ClNO. The third-order valence-corrected chi connectivity index (χ3v) is 3.21. The van der Waals surface area contributed by atoms with E-state index < -0.39 is 0 Å². The molecule has 0 aromatic heterocycles.